The molecule has 1 fully saturated rings. The zero-order valence-corrected chi connectivity index (χ0v) is 21.1. The lowest BCUT2D eigenvalue weighted by atomic mass is 9.95. The van der Waals surface area contributed by atoms with E-state index in [1.807, 2.05) is 0 Å². The zero-order chi connectivity index (χ0) is 22.8. The molecule has 33 heavy (non-hydrogen) atoms. The van der Waals surface area contributed by atoms with Gasteiger partial charge in [0.2, 0.25) is 0 Å². The van der Waals surface area contributed by atoms with Crippen molar-refractivity contribution in [1.82, 2.24) is 19.2 Å². The lowest BCUT2D eigenvalue weighted by Crippen LogP contribution is -2.33. The van der Waals surface area contributed by atoms with Crippen LogP contribution in [0.3, 0.4) is 0 Å². The Hall–Kier alpha value is -2.16. The average Bonchev–Trinajstić information content (AvgIpc) is 3.46. The fraction of sp³-hybridized carbons (Fsp3) is 0.520. The molecule has 0 amide bonds. The minimum atomic E-state index is 0.480. The highest BCUT2D eigenvalue weighted by Gasteiger charge is 2.24. The SMILES string of the molecule is COc1cc2c(cc1OC)CN(Cn1nc(Cc3cccs3)n(C3CCCCC3)c1=S)CC2. The Labute approximate surface area is 204 Å². The molecule has 0 unspecified atom stereocenters. The highest BCUT2D eigenvalue weighted by Crippen LogP contribution is 2.34. The second-order valence-corrected chi connectivity index (χ2v) is 10.4. The molecule has 176 valence electrons. The number of nitrogens with zero attached hydrogens (tertiary/aromatic N) is 4. The third-order valence-electron chi connectivity index (χ3n) is 6.92. The smallest absolute Gasteiger partial charge is 0.199 e. The van der Waals surface area contributed by atoms with Crippen molar-refractivity contribution in [3.05, 3.63) is 56.2 Å². The van der Waals surface area contributed by atoms with Gasteiger partial charge in [0.25, 0.3) is 0 Å². The highest BCUT2D eigenvalue weighted by atomic mass is 32.1. The lowest BCUT2D eigenvalue weighted by Gasteiger charge is -2.29. The molecule has 0 bridgehead atoms. The Morgan fingerprint density at radius 1 is 1.09 bits per heavy atom. The highest BCUT2D eigenvalue weighted by molar-refractivity contribution is 7.71. The van der Waals surface area contributed by atoms with Crippen molar-refractivity contribution in [3.63, 3.8) is 0 Å². The summed E-state index contributed by atoms with van der Waals surface area (Å²) in [7, 11) is 3.38. The van der Waals surface area contributed by atoms with E-state index in [1.165, 1.54) is 48.1 Å². The molecule has 1 saturated carbocycles. The third kappa shape index (κ3) is 4.74. The molecular weight excluding hydrogens is 452 g/mol. The summed E-state index contributed by atoms with van der Waals surface area (Å²) in [5, 5.41) is 7.21. The molecule has 8 heteroatoms. The summed E-state index contributed by atoms with van der Waals surface area (Å²) in [6.07, 6.45) is 8.14. The van der Waals surface area contributed by atoms with Gasteiger partial charge < -0.3 is 14.0 Å². The molecule has 1 aliphatic carbocycles. The van der Waals surface area contributed by atoms with Crippen molar-refractivity contribution in [1.29, 1.82) is 0 Å². The van der Waals surface area contributed by atoms with E-state index < -0.39 is 0 Å². The Morgan fingerprint density at radius 2 is 1.85 bits per heavy atom. The van der Waals surface area contributed by atoms with Gasteiger partial charge in [-0.3, -0.25) is 4.90 Å². The number of ether oxygens (including phenoxy) is 2. The number of rotatable bonds is 7. The van der Waals surface area contributed by atoms with Gasteiger partial charge >= 0.3 is 0 Å². The van der Waals surface area contributed by atoms with Crippen molar-refractivity contribution >= 4 is 23.6 Å². The van der Waals surface area contributed by atoms with Gasteiger partial charge in [0.05, 0.1) is 20.9 Å². The summed E-state index contributed by atoms with van der Waals surface area (Å²) in [5.74, 6) is 2.70. The average molecular weight is 485 g/mol. The normalized spacial score (nSPS) is 17.2. The number of hydrogen-bond acceptors (Lipinski definition) is 6. The van der Waals surface area contributed by atoms with Gasteiger partial charge in [-0.05, 0) is 66.2 Å². The number of methoxy groups -OCH3 is 2. The van der Waals surface area contributed by atoms with E-state index in [0.717, 1.165) is 48.0 Å². The molecule has 0 saturated heterocycles. The van der Waals surface area contributed by atoms with E-state index in [-0.39, 0.29) is 0 Å². The van der Waals surface area contributed by atoms with Crippen LogP contribution in [0.15, 0.2) is 29.6 Å². The first-order chi connectivity index (χ1) is 16.2. The van der Waals surface area contributed by atoms with Crippen LogP contribution in [-0.2, 0) is 26.1 Å². The van der Waals surface area contributed by atoms with Crippen LogP contribution in [0, 0.1) is 4.77 Å². The minimum Gasteiger partial charge on any atom is -0.493 e. The van der Waals surface area contributed by atoms with Crippen LogP contribution < -0.4 is 9.47 Å². The topological polar surface area (TPSA) is 44.5 Å². The van der Waals surface area contributed by atoms with Crippen LogP contribution in [0.25, 0.3) is 0 Å². The zero-order valence-electron chi connectivity index (χ0n) is 19.5. The van der Waals surface area contributed by atoms with Crippen molar-refractivity contribution in [3.8, 4) is 11.5 Å². The molecular formula is C25H32N4O2S2. The van der Waals surface area contributed by atoms with Crippen LogP contribution in [-0.4, -0.2) is 40.0 Å². The first kappa shape index (κ1) is 22.6. The monoisotopic (exact) mass is 484 g/mol. The molecule has 1 aliphatic heterocycles. The second kappa shape index (κ2) is 9.99. The Bertz CT molecular complexity index is 1150. The lowest BCUT2D eigenvalue weighted by molar-refractivity contribution is 0.186. The van der Waals surface area contributed by atoms with Gasteiger partial charge in [-0.25, -0.2) is 4.68 Å². The van der Waals surface area contributed by atoms with Crippen LogP contribution in [0.5, 0.6) is 11.5 Å². The summed E-state index contributed by atoms with van der Waals surface area (Å²) in [6.45, 7) is 2.54. The van der Waals surface area contributed by atoms with Crippen LogP contribution in [0.1, 0.15) is 60.0 Å². The molecule has 2 aliphatic rings. The maximum Gasteiger partial charge on any atom is 0.199 e. The van der Waals surface area contributed by atoms with E-state index in [9.17, 15) is 0 Å². The summed E-state index contributed by atoms with van der Waals surface area (Å²) >= 11 is 7.81. The number of aromatic nitrogens is 3. The van der Waals surface area contributed by atoms with Crippen LogP contribution >= 0.6 is 23.6 Å². The maximum absolute atomic E-state index is 6.01. The third-order valence-corrected chi connectivity index (χ3v) is 8.21. The van der Waals surface area contributed by atoms with E-state index >= 15 is 0 Å². The van der Waals surface area contributed by atoms with Crippen molar-refractivity contribution in [2.45, 2.75) is 64.2 Å². The standard InChI is InChI=1S/C25H32N4O2S2/c1-30-22-13-18-10-11-27(16-19(18)14-23(22)31-2)17-28-25(32)29(20-7-4-3-5-8-20)24(26-28)15-21-9-6-12-33-21/h6,9,12-14,20H,3-5,7-8,10-11,15-17H2,1-2H3. The quantitative estimate of drug-likeness (QED) is 0.408. The van der Waals surface area contributed by atoms with E-state index in [4.69, 9.17) is 26.8 Å². The predicted molar refractivity (Wildman–Crippen MR) is 134 cm³/mol. The fourth-order valence-corrected chi connectivity index (χ4v) is 6.26. The second-order valence-electron chi connectivity index (χ2n) is 9.04. The van der Waals surface area contributed by atoms with Gasteiger partial charge in [0.1, 0.15) is 5.82 Å². The molecule has 5 rings (SSSR count). The Balaban J connectivity index is 1.40. The molecule has 3 heterocycles. The summed E-state index contributed by atoms with van der Waals surface area (Å²) < 4.78 is 16.3. The number of benzene rings is 1. The van der Waals surface area contributed by atoms with Crippen LogP contribution in [0.2, 0.25) is 0 Å². The Kier molecular flexibility index (Phi) is 6.85. The molecule has 0 spiro atoms. The maximum atomic E-state index is 6.01. The molecule has 3 aromatic rings. The van der Waals surface area contributed by atoms with E-state index in [2.05, 4.69) is 43.8 Å². The molecule has 0 N–H and O–H groups in total. The van der Waals surface area contributed by atoms with Crippen LogP contribution in [0.4, 0.5) is 0 Å². The van der Waals surface area contributed by atoms with Gasteiger partial charge in [0.15, 0.2) is 16.3 Å². The summed E-state index contributed by atoms with van der Waals surface area (Å²) in [6, 6.07) is 9.02. The molecule has 0 atom stereocenters. The first-order valence-corrected chi connectivity index (χ1v) is 13.1. The fourth-order valence-electron chi connectivity index (χ4n) is 5.20. The number of thiophene rings is 1. The number of hydrogen-bond donors (Lipinski definition) is 0. The van der Waals surface area contributed by atoms with Gasteiger partial charge in [0, 0.05) is 30.4 Å². The molecule has 6 nitrogen and oxygen atoms in total. The predicted octanol–water partition coefficient (Wildman–Crippen LogP) is 5.60. The van der Waals surface area contributed by atoms with Gasteiger partial charge in [-0.2, -0.15) is 5.10 Å². The first-order valence-electron chi connectivity index (χ1n) is 11.8. The van der Waals surface area contributed by atoms with Crippen molar-refractivity contribution in [2.75, 3.05) is 20.8 Å². The molecule has 2 aromatic heterocycles. The summed E-state index contributed by atoms with van der Waals surface area (Å²) in [5.41, 5.74) is 2.62. The van der Waals surface area contributed by atoms with Crippen molar-refractivity contribution < 1.29 is 9.47 Å². The summed E-state index contributed by atoms with van der Waals surface area (Å²) in [4.78, 5) is 3.77. The Morgan fingerprint density at radius 3 is 2.55 bits per heavy atom. The largest absolute Gasteiger partial charge is 0.493 e. The van der Waals surface area contributed by atoms with E-state index in [0.29, 0.717) is 12.7 Å². The van der Waals surface area contributed by atoms with Crippen molar-refractivity contribution in [2.24, 2.45) is 0 Å². The van der Waals surface area contributed by atoms with Gasteiger partial charge in [-0.15, -0.1) is 11.3 Å². The van der Waals surface area contributed by atoms with E-state index in [1.54, 1.807) is 25.6 Å². The minimum absolute atomic E-state index is 0.480. The molecule has 0 radical (unpaired) electrons. The van der Waals surface area contributed by atoms with Gasteiger partial charge in [-0.1, -0.05) is 25.3 Å². The molecule has 1 aromatic carbocycles. The number of fused-ring (bicyclic) bond motifs is 1.